The first-order valence-electron chi connectivity index (χ1n) is 13.9. The van der Waals surface area contributed by atoms with Crippen LogP contribution in [0.4, 0.5) is 0 Å². The molecular formula is C30H52O4. The van der Waals surface area contributed by atoms with Crippen molar-refractivity contribution in [1.29, 1.82) is 0 Å². The summed E-state index contributed by atoms with van der Waals surface area (Å²) in [4.78, 5) is 21.1. The fourth-order valence-electron chi connectivity index (χ4n) is 4.32. The van der Waals surface area contributed by atoms with Crippen molar-refractivity contribution in [3.63, 3.8) is 0 Å². The van der Waals surface area contributed by atoms with E-state index in [9.17, 15) is 9.59 Å². The number of rotatable bonds is 24. The summed E-state index contributed by atoms with van der Waals surface area (Å²) in [7, 11) is 0. The van der Waals surface area contributed by atoms with Gasteiger partial charge in [-0.1, -0.05) is 108 Å². The molecule has 0 bridgehead atoms. The zero-order valence-electron chi connectivity index (χ0n) is 22.1. The predicted molar refractivity (Wildman–Crippen MR) is 144 cm³/mol. The molecule has 0 spiro atoms. The van der Waals surface area contributed by atoms with Gasteiger partial charge in [0.05, 0.1) is 0 Å². The van der Waals surface area contributed by atoms with Gasteiger partial charge in [0.2, 0.25) is 0 Å². The third-order valence-corrected chi connectivity index (χ3v) is 6.29. The Morgan fingerprint density at radius 1 is 0.676 bits per heavy atom. The normalized spacial score (nSPS) is 13.2. The molecule has 2 N–H and O–H groups in total. The molecule has 0 fully saturated rings. The molecule has 4 heteroatoms. The van der Waals surface area contributed by atoms with Gasteiger partial charge < -0.3 is 10.2 Å². The Morgan fingerprint density at radius 3 is 1.79 bits per heavy atom. The van der Waals surface area contributed by atoms with Crippen LogP contribution in [0.3, 0.4) is 0 Å². The molecular weight excluding hydrogens is 424 g/mol. The quantitative estimate of drug-likeness (QED) is 0.0826. The van der Waals surface area contributed by atoms with E-state index in [1.54, 1.807) is 5.57 Å². The second kappa shape index (κ2) is 24.3. The van der Waals surface area contributed by atoms with Gasteiger partial charge in [0.15, 0.2) is 0 Å². The van der Waals surface area contributed by atoms with E-state index in [1.165, 1.54) is 44.9 Å². The van der Waals surface area contributed by atoms with Crippen molar-refractivity contribution in [2.45, 2.75) is 136 Å². The molecule has 0 saturated heterocycles. The maximum atomic E-state index is 10.6. The molecule has 1 unspecified atom stereocenters. The lowest BCUT2D eigenvalue weighted by Gasteiger charge is -2.19. The molecule has 0 aliphatic carbocycles. The Balaban J connectivity index is 4.44. The van der Waals surface area contributed by atoms with Gasteiger partial charge in [-0.2, -0.15) is 0 Å². The largest absolute Gasteiger partial charge is 0.481 e. The van der Waals surface area contributed by atoms with Crippen molar-refractivity contribution >= 4 is 11.9 Å². The minimum atomic E-state index is -0.686. The summed E-state index contributed by atoms with van der Waals surface area (Å²) in [6, 6.07) is 0. The Bertz CT molecular complexity index is 589. The molecule has 4 nitrogen and oxygen atoms in total. The molecule has 0 aliphatic rings. The second-order valence-electron chi connectivity index (χ2n) is 9.49. The minimum absolute atomic E-state index is 0.298. The van der Waals surface area contributed by atoms with Crippen molar-refractivity contribution in [2.75, 3.05) is 0 Å². The van der Waals surface area contributed by atoms with Crippen LogP contribution in [-0.2, 0) is 9.59 Å². The van der Waals surface area contributed by atoms with Crippen LogP contribution in [-0.4, -0.2) is 22.2 Å². The van der Waals surface area contributed by atoms with Crippen LogP contribution in [0, 0.1) is 5.92 Å². The van der Waals surface area contributed by atoms with E-state index >= 15 is 0 Å². The van der Waals surface area contributed by atoms with E-state index in [0.717, 1.165) is 64.2 Å². The lowest BCUT2D eigenvalue weighted by atomic mass is 9.86. The summed E-state index contributed by atoms with van der Waals surface area (Å²) in [5.74, 6) is -0.747. The van der Waals surface area contributed by atoms with Gasteiger partial charge in [0.1, 0.15) is 0 Å². The molecule has 0 aromatic carbocycles. The van der Waals surface area contributed by atoms with E-state index in [1.807, 2.05) is 0 Å². The van der Waals surface area contributed by atoms with Gasteiger partial charge >= 0.3 is 11.9 Å². The fraction of sp³-hybridized carbons (Fsp3) is 0.733. The maximum Gasteiger partial charge on any atom is 0.303 e. The lowest BCUT2D eigenvalue weighted by Crippen LogP contribution is -2.04. The maximum absolute atomic E-state index is 10.6. The van der Waals surface area contributed by atoms with Crippen molar-refractivity contribution in [3.05, 3.63) is 36.0 Å². The first-order chi connectivity index (χ1) is 16.5. The highest BCUT2D eigenvalue weighted by Gasteiger charge is 2.12. The molecule has 0 aliphatic heterocycles. The molecule has 0 radical (unpaired) electrons. The van der Waals surface area contributed by atoms with E-state index in [0.29, 0.717) is 18.8 Å². The predicted octanol–water partition coefficient (Wildman–Crippen LogP) is 9.26. The first-order valence-corrected chi connectivity index (χ1v) is 13.9. The van der Waals surface area contributed by atoms with E-state index < -0.39 is 11.9 Å². The lowest BCUT2D eigenvalue weighted by molar-refractivity contribution is -0.138. The van der Waals surface area contributed by atoms with E-state index in [4.69, 9.17) is 10.2 Å². The van der Waals surface area contributed by atoms with E-state index in [2.05, 4.69) is 44.2 Å². The molecule has 0 heterocycles. The van der Waals surface area contributed by atoms with Crippen molar-refractivity contribution < 1.29 is 19.8 Å². The number of unbranched alkanes of at least 4 members (excludes halogenated alkanes) is 10. The van der Waals surface area contributed by atoms with Crippen molar-refractivity contribution in [3.8, 4) is 0 Å². The third-order valence-electron chi connectivity index (χ3n) is 6.29. The fourth-order valence-corrected chi connectivity index (χ4v) is 4.32. The Labute approximate surface area is 209 Å². The molecule has 0 rings (SSSR count). The van der Waals surface area contributed by atoms with Gasteiger partial charge in [-0.15, -0.1) is 0 Å². The number of aliphatic carboxylic acids is 2. The van der Waals surface area contributed by atoms with Crippen molar-refractivity contribution in [2.24, 2.45) is 5.92 Å². The van der Waals surface area contributed by atoms with E-state index in [-0.39, 0.29) is 0 Å². The minimum Gasteiger partial charge on any atom is -0.481 e. The van der Waals surface area contributed by atoms with Gasteiger partial charge in [-0.25, -0.2) is 0 Å². The Morgan fingerprint density at radius 2 is 1.24 bits per heavy atom. The number of hydrogen-bond donors (Lipinski definition) is 2. The van der Waals surface area contributed by atoms with Gasteiger partial charge in [-0.3, -0.25) is 9.59 Å². The summed E-state index contributed by atoms with van der Waals surface area (Å²) in [6.45, 7) is 4.45. The summed E-state index contributed by atoms with van der Waals surface area (Å²) < 4.78 is 0. The van der Waals surface area contributed by atoms with Crippen LogP contribution < -0.4 is 0 Å². The zero-order valence-corrected chi connectivity index (χ0v) is 22.1. The molecule has 196 valence electrons. The van der Waals surface area contributed by atoms with Crippen LogP contribution in [0.2, 0.25) is 0 Å². The molecule has 0 saturated carbocycles. The number of carbonyl (C=O) groups is 2. The SMILES string of the molecule is CC/C=C/CC(CCCCCCCCC(=O)O)/C(=C\C=C\CCCCCCCC(=O)O)CCC. The highest BCUT2D eigenvalue weighted by atomic mass is 16.4. The Hall–Kier alpha value is -1.84. The van der Waals surface area contributed by atoms with Gasteiger partial charge in [0, 0.05) is 12.8 Å². The first kappa shape index (κ1) is 32.2. The highest BCUT2D eigenvalue weighted by Crippen LogP contribution is 2.27. The van der Waals surface area contributed by atoms with Crippen LogP contribution in [0.1, 0.15) is 136 Å². The standard InChI is InChI=1S/C30H52O4/c1-3-5-16-22-28(24-18-13-10-11-15-20-26-30(33)34)27(21-4-2)23-17-12-8-6-7-9-14-19-25-29(31)32/h5,12,16-17,23,28H,3-4,6-11,13-15,18-22,24-26H2,1-2H3,(H,31,32)(H,33,34)/b16-5+,17-12+,27-23-. The Kier molecular flexibility index (Phi) is 23.0. The molecule has 0 aromatic rings. The zero-order chi connectivity index (χ0) is 25.3. The molecule has 1 atom stereocenters. The summed E-state index contributed by atoms with van der Waals surface area (Å²) in [5.41, 5.74) is 1.58. The second-order valence-corrected chi connectivity index (χ2v) is 9.49. The summed E-state index contributed by atoms with van der Waals surface area (Å²) in [5, 5.41) is 17.4. The number of allylic oxidation sites excluding steroid dienone is 6. The molecule has 0 aromatic heterocycles. The molecule has 34 heavy (non-hydrogen) atoms. The average molecular weight is 477 g/mol. The smallest absolute Gasteiger partial charge is 0.303 e. The average Bonchev–Trinajstić information content (AvgIpc) is 2.79. The summed E-state index contributed by atoms with van der Waals surface area (Å²) in [6.07, 6.45) is 31.0. The van der Waals surface area contributed by atoms with Crippen LogP contribution in [0.5, 0.6) is 0 Å². The summed E-state index contributed by atoms with van der Waals surface area (Å²) >= 11 is 0. The topological polar surface area (TPSA) is 74.6 Å². The van der Waals surface area contributed by atoms with Gasteiger partial charge in [0.25, 0.3) is 0 Å². The van der Waals surface area contributed by atoms with Gasteiger partial charge in [-0.05, 0) is 57.3 Å². The number of hydrogen-bond acceptors (Lipinski definition) is 2. The van der Waals surface area contributed by atoms with Crippen molar-refractivity contribution in [1.82, 2.24) is 0 Å². The van der Waals surface area contributed by atoms with Crippen LogP contribution >= 0.6 is 0 Å². The number of carboxylic acids is 2. The third kappa shape index (κ3) is 22.0. The monoisotopic (exact) mass is 476 g/mol. The van der Waals surface area contributed by atoms with Crippen LogP contribution in [0.25, 0.3) is 0 Å². The highest BCUT2D eigenvalue weighted by molar-refractivity contribution is 5.66. The molecule has 0 amide bonds. The number of carboxylic acid groups (broad SMARTS) is 2. The van der Waals surface area contributed by atoms with Crippen LogP contribution in [0.15, 0.2) is 36.0 Å².